The van der Waals surface area contributed by atoms with Crippen molar-refractivity contribution in [2.45, 2.75) is 13.0 Å². The van der Waals surface area contributed by atoms with E-state index in [2.05, 4.69) is 16.9 Å². The molecule has 2 aromatic heterocycles. The van der Waals surface area contributed by atoms with Gasteiger partial charge in [0.1, 0.15) is 18.5 Å². The largest absolute Gasteiger partial charge is 0.485 e. The van der Waals surface area contributed by atoms with Crippen molar-refractivity contribution in [3.8, 4) is 28.7 Å². The first-order chi connectivity index (χ1) is 13.5. The van der Waals surface area contributed by atoms with E-state index in [1.54, 1.807) is 19.4 Å². The monoisotopic (exact) mass is 395 g/mol. The van der Waals surface area contributed by atoms with E-state index in [1.165, 1.54) is 0 Å². The molecule has 3 heterocycles. The molecule has 1 atom stereocenters. The van der Waals surface area contributed by atoms with Gasteiger partial charge in [0, 0.05) is 11.6 Å². The number of fused-ring (bicyclic) bond motifs is 4. The molecule has 0 saturated carbocycles. The van der Waals surface area contributed by atoms with Crippen molar-refractivity contribution in [2.24, 2.45) is 0 Å². The van der Waals surface area contributed by atoms with Crippen LogP contribution in [0.1, 0.15) is 5.56 Å². The van der Waals surface area contributed by atoms with Crippen LogP contribution in [-0.4, -0.2) is 29.8 Å². The molecule has 0 saturated heterocycles. The average Bonchev–Trinajstić information content (AvgIpc) is 3.12. The summed E-state index contributed by atoms with van der Waals surface area (Å²) in [7, 11) is 1.56. The standard InChI is InChI=1S/C21H16ClN2O4/c1-10-4-12(19-15(5-10)24-18(25-3)8-23-19)16-6-13-20(28-16)14(22)7-17-21(13)26-9-11(2)27-17/h4-8,11H,2,9H2,1,3H3/t11-/m1/s1. The van der Waals surface area contributed by atoms with E-state index < -0.39 is 0 Å². The molecule has 7 heteroatoms. The summed E-state index contributed by atoms with van der Waals surface area (Å²) in [4.78, 5) is 9.00. The first-order valence-corrected chi connectivity index (χ1v) is 9.11. The van der Waals surface area contributed by atoms with Crippen LogP contribution in [0.3, 0.4) is 0 Å². The Balaban J connectivity index is 1.75. The lowest BCUT2D eigenvalue weighted by Crippen LogP contribution is -2.26. The predicted octanol–water partition coefficient (Wildman–Crippen LogP) is 4.99. The highest BCUT2D eigenvalue weighted by Crippen LogP contribution is 2.46. The maximum absolute atomic E-state index is 6.44. The lowest BCUT2D eigenvalue weighted by Gasteiger charge is -2.24. The molecule has 4 aromatic rings. The number of halogens is 1. The Bertz CT molecular complexity index is 1230. The number of ether oxygens (including phenoxy) is 3. The Hall–Kier alpha value is -2.99. The van der Waals surface area contributed by atoms with Gasteiger partial charge in [-0.1, -0.05) is 11.6 Å². The van der Waals surface area contributed by atoms with Gasteiger partial charge >= 0.3 is 0 Å². The van der Waals surface area contributed by atoms with E-state index >= 15 is 0 Å². The molecule has 6 nitrogen and oxygen atoms in total. The highest BCUT2D eigenvalue weighted by atomic mass is 35.5. The zero-order valence-corrected chi connectivity index (χ0v) is 16.0. The number of furan rings is 1. The second-order valence-corrected chi connectivity index (χ2v) is 7.09. The van der Waals surface area contributed by atoms with Crippen LogP contribution in [0, 0.1) is 13.8 Å². The normalized spacial score (nSPS) is 15.9. The van der Waals surface area contributed by atoms with E-state index in [4.69, 9.17) is 30.2 Å². The second kappa shape index (κ2) is 6.27. The summed E-state index contributed by atoms with van der Waals surface area (Å²) in [6.07, 6.45) is 1.31. The van der Waals surface area contributed by atoms with Crippen molar-refractivity contribution >= 4 is 33.6 Å². The Kier molecular flexibility index (Phi) is 3.84. The molecule has 5 rings (SSSR count). The highest BCUT2D eigenvalue weighted by Gasteiger charge is 2.25. The van der Waals surface area contributed by atoms with Gasteiger partial charge in [0.25, 0.3) is 0 Å². The van der Waals surface area contributed by atoms with E-state index in [0.29, 0.717) is 45.9 Å². The number of hydrogen-bond donors (Lipinski definition) is 0. The quantitative estimate of drug-likeness (QED) is 0.476. The highest BCUT2D eigenvalue weighted by molar-refractivity contribution is 6.35. The average molecular weight is 396 g/mol. The summed E-state index contributed by atoms with van der Waals surface area (Å²) in [6.45, 7) is 6.23. The molecule has 0 fully saturated rings. The van der Waals surface area contributed by atoms with Crippen molar-refractivity contribution in [1.82, 2.24) is 9.97 Å². The summed E-state index contributed by atoms with van der Waals surface area (Å²) >= 11 is 6.44. The first-order valence-electron chi connectivity index (χ1n) is 8.74. The number of nitrogens with zero attached hydrogens (tertiary/aromatic N) is 2. The zero-order chi connectivity index (χ0) is 19.4. The van der Waals surface area contributed by atoms with Gasteiger partial charge in [-0.3, -0.25) is 0 Å². The maximum atomic E-state index is 6.44. The minimum absolute atomic E-state index is 0.279. The minimum Gasteiger partial charge on any atom is -0.485 e. The van der Waals surface area contributed by atoms with Crippen molar-refractivity contribution in [3.63, 3.8) is 0 Å². The van der Waals surface area contributed by atoms with Gasteiger partial charge in [0.15, 0.2) is 17.1 Å². The van der Waals surface area contributed by atoms with E-state index in [1.807, 2.05) is 25.1 Å². The topological polar surface area (TPSA) is 66.6 Å². The van der Waals surface area contributed by atoms with Crippen LogP contribution < -0.4 is 14.2 Å². The molecule has 0 bridgehead atoms. The molecule has 1 radical (unpaired) electrons. The summed E-state index contributed by atoms with van der Waals surface area (Å²) in [6, 6.07) is 7.55. The molecule has 28 heavy (non-hydrogen) atoms. The number of aryl methyl sites for hydroxylation is 1. The Morgan fingerprint density at radius 1 is 1.25 bits per heavy atom. The Morgan fingerprint density at radius 3 is 2.93 bits per heavy atom. The third kappa shape index (κ3) is 2.64. The van der Waals surface area contributed by atoms with Gasteiger partial charge in [0.2, 0.25) is 5.88 Å². The van der Waals surface area contributed by atoms with Crippen LogP contribution in [0.4, 0.5) is 0 Å². The van der Waals surface area contributed by atoms with E-state index in [-0.39, 0.29) is 6.10 Å². The Morgan fingerprint density at radius 2 is 2.11 bits per heavy atom. The smallest absolute Gasteiger partial charge is 0.232 e. The van der Waals surface area contributed by atoms with Crippen molar-refractivity contribution < 1.29 is 18.6 Å². The second-order valence-electron chi connectivity index (χ2n) is 6.68. The molecular weight excluding hydrogens is 380 g/mol. The number of rotatable bonds is 2. The molecule has 2 aromatic carbocycles. The number of hydrogen-bond acceptors (Lipinski definition) is 6. The summed E-state index contributed by atoms with van der Waals surface area (Å²) in [5.41, 5.74) is 3.82. The summed E-state index contributed by atoms with van der Waals surface area (Å²) in [5.74, 6) is 2.26. The van der Waals surface area contributed by atoms with Gasteiger partial charge in [-0.05, 0) is 37.6 Å². The summed E-state index contributed by atoms with van der Waals surface area (Å²) in [5, 5.41) is 1.20. The summed E-state index contributed by atoms with van der Waals surface area (Å²) < 4.78 is 22.9. The molecule has 1 aliphatic heterocycles. The van der Waals surface area contributed by atoms with Crippen LogP contribution in [0.15, 0.2) is 34.9 Å². The minimum atomic E-state index is -0.279. The van der Waals surface area contributed by atoms with Crippen LogP contribution >= 0.6 is 11.6 Å². The molecule has 0 unspecified atom stereocenters. The van der Waals surface area contributed by atoms with Crippen LogP contribution in [0.5, 0.6) is 17.4 Å². The predicted molar refractivity (Wildman–Crippen MR) is 106 cm³/mol. The van der Waals surface area contributed by atoms with Crippen LogP contribution in [0.2, 0.25) is 5.02 Å². The fraction of sp³-hybridized carbons (Fsp3) is 0.190. The van der Waals surface area contributed by atoms with Gasteiger partial charge < -0.3 is 18.6 Å². The maximum Gasteiger partial charge on any atom is 0.232 e. The van der Waals surface area contributed by atoms with E-state index in [9.17, 15) is 0 Å². The first kappa shape index (κ1) is 17.1. The van der Waals surface area contributed by atoms with Crippen LogP contribution in [-0.2, 0) is 0 Å². The third-order valence-electron chi connectivity index (χ3n) is 4.63. The molecule has 0 spiro atoms. The molecule has 0 aliphatic carbocycles. The van der Waals surface area contributed by atoms with Crippen molar-refractivity contribution in [2.75, 3.05) is 13.7 Å². The van der Waals surface area contributed by atoms with E-state index in [0.717, 1.165) is 22.0 Å². The fourth-order valence-electron chi connectivity index (χ4n) is 3.41. The number of methoxy groups -OCH3 is 1. The molecule has 141 valence electrons. The fourth-order valence-corrected chi connectivity index (χ4v) is 3.65. The third-order valence-corrected chi connectivity index (χ3v) is 4.91. The van der Waals surface area contributed by atoms with Crippen molar-refractivity contribution in [3.05, 3.63) is 48.0 Å². The van der Waals surface area contributed by atoms with Gasteiger partial charge in [-0.15, -0.1) is 0 Å². The SMILES string of the molecule is [CH2][C@@H]1COc2c(cc(Cl)c3oc(-c4cc(C)cc5nc(OC)cnc45)cc23)O1. The lowest BCUT2D eigenvalue weighted by atomic mass is 10.1. The number of aromatic nitrogens is 2. The molecule has 0 amide bonds. The molecular formula is C21H16ClN2O4. The lowest BCUT2D eigenvalue weighted by molar-refractivity contribution is 0.123. The van der Waals surface area contributed by atoms with Crippen molar-refractivity contribution in [1.29, 1.82) is 0 Å². The van der Waals surface area contributed by atoms with Gasteiger partial charge in [-0.25, -0.2) is 9.97 Å². The van der Waals surface area contributed by atoms with Gasteiger partial charge in [0.05, 0.1) is 34.7 Å². The van der Waals surface area contributed by atoms with Crippen LogP contribution in [0.25, 0.3) is 33.3 Å². The Labute approximate surface area is 166 Å². The molecule has 1 aliphatic rings. The van der Waals surface area contributed by atoms with Gasteiger partial charge in [-0.2, -0.15) is 0 Å². The zero-order valence-electron chi connectivity index (χ0n) is 15.3. The molecule has 0 N–H and O–H groups in total. The number of benzene rings is 2.